The van der Waals surface area contributed by atoms with Gasteiger partial charge in [-0.1, -0.05) is 13.8 Å². The first-order chi connectivity index (χ1) is 6.07. The summed E-state index contributed by atoms with van der Waals surface area (Å²) in [6, 6.07) is 2.01. The summed E-state index contributed by atoms with van der Waals surface area (Å²) < 4.78 is 1.91. The summed E-state index contributed by atoms with van der Waals surface area (Å²) in [5.74, 6) is 0. The topological polar surface area (TPSA) is 38.0 Å². The van der Waals surface area contributed by atoms with Gasteiger partial charge in [0.15, 0.2) is 0 Å². The van der Waals surface area contributed by atoms with E-state index in [2.05, 4.69) is 12.0 Å². The monoisotopic (exact) mass is 182 g/mol. The van der Waals surface area contributed by atoms with Crippen molar-refractivity contribution in [2.24, 2.45) is 5.41 Å². The number of aliphatic hydroxyl groups is 1. The van der Waals surface area contributed by atoms with Gasteiger partial charge >= 0.3 is 0 Å². The maximum atomic E-state index is 9.08. The van der Waals surface area contributed by atoms with Crippen molar-refractivity contribution in [1.82, 2.24) is 9.78 Å². The molecule has 0 aliphatic rings. The van der Waals surface area contributed by atoms with Crippen LogP contribution >= 0.6 is 0 Å². The smallest absolute Gasteiger partial charge is 0.0630 e. The average molecular weight is 182 g/mol. The van der Waals surface area contributed by atoms with Crippen LogP contribution in [0.4, 0.5) is 0 Å². The molecule has 1 rings (SSSR count). The van der Waals surface area contributed by atoms with Gasteiger partial charge in [0.25, 0.3) is 0 Å². The Bertz CT molecular complexity index is 266. The lowest BCUT2D eigenvalue weighted by atomic mass is 9.89. The van der Waals surface area contributed by atoms with E-state index in [1.165, 1.54) is 0 Å². The van der Waals surface area contributed by atoms with E-state index < -0.39 is 0 Å². The second-order valence-electron chi connectivity index (χ2n) is 4.16. The molecule has 74 valence electrons. The Morgan fingerprint density at radius 1 is 1.54 bits per heavy atom. The van der Waals surface area contributed by atoms with Crippen LogP contribution in [0, 0.1) is 5.41 Å². The molecular formula is C10H18N2O. The van der Waals surface area contributed by atoms with Crippen molar-refractivity contribution in [2.45, 2.75) is 33.7 Å². The predicted octanol–water partition coefficient (Wildman–Crippen LogP) is 1.46. The first-order valence-electron chi connectivity index (χ1n) is 4.70. The quantitative estimate of drug-likeness (QED) is 0.765. The van der Waals surface area contributed by atoms with Crippen LogP contribution in [0.1, 0.15) is 26.5 Å². The molecule has 3 heteroatoms. The van der Waals surface area contributed by atoms with Gasteiger partial charge in [-0.05, 0) is 24.8 Å². The highest BCUT2D eigenvalue weighted by molar-refractivity contribution is 5.01. The number of aliphatic hydroxyl groups excluding tert-OH is 1. The van der Waals surface area contributed by atoms with Crippen molar-refractivity contribution in [3.63, 3.8) is 0 Å². The molecule has 0 saturated carbocycles. The zero-order valence-electron chi connectivity index (χ0n) is 8.62. The molecule has 0 atom stereocenters. The molecule has 0 saturated heterocycles. The van der Waals surface area contributed by atoms with E-state index in [0.29, 0.717) is 0 Å². The first-order valence-corrected chi connectivity index (χ1v) is 4.70. The molecule has 0 spiro atoms. The van der Waals surface area contributed by atoms with Gasteiger partial charge in [0.2, 0.25) is 0 Å². The van der Waals surface area contributed by atoms with Crippen LogP contribution in [0.3, 0.4) is 0 Å². The number of nitrogens with zero attached hydrogens (tertiary/aromatic N) is 2. The van der Waals surface area contributed by atoms with Crippen molar-refractivity contribution in [3.8, 4) is 0 Å². The van der Waals surface area contributed by atoms with E-state index in [1.807, 2.05) is 30.8 Å². The minimum absolute atomic E-state index is 0.0626. The summed E-state index contributed by atoms with van der Waals surface area (Å²) in [5.41, 5.74) is 0.994. The lowest BCUT2D eigenvalue weighted by Crippen LogP contribution is -2.20. The molecule has 13 heavy (non-hydrogen) atoms. The Kier molecular flexibility index (Phi) is 3.09. The lowest BCUT2D eigenvalue weighted by molar-refractivity contribution is 0.158. The minimum atomic E-state index is -0.0626. The van der Waals surface area contributed by atoms with Gasteiger partial charge in [-0.2, -0.15) is 5.10 Å². The molecule has 0 radical (unpaired) electrons. The number of hydrogen-bond donors (Lipinski definition) is 1. The molecule has 1 N–H and O–H groups in total. The third-order valence-electron chi connectivity index (χ3n) is 2.11. The maximum absolute atomic E-state index is 9.08. The molecule has 1 aromatic rings. The standard InChI is InChI=1S/C10H18N2O/c1-4-12-6-5-9(11-12)7-10(2,3)8-13/h5-6,13H,4,7-8H2,1-3H3. The molecule has 0 aliphatic heterocycles. The Morgan fingerprint density at radius 2 is 2.23 bits per heavy atom. The normalized spacial score (nSPS) is 12.0. The molecule has 0 aromatic carbocycles. The summed E-state index contributed by atoms with van der Waals surface area (Å²) in [4.78, 5) is 0. The summed E-state index contributed by atoms with van der Waals surface area (Å²) in [7, 11) is 0. The zero-order valence-corrected chi connectivity index (χ0v) is 8.62. The van der Waals surface area contributed by atoms with Crippen LogP contribution in [0.15, 0.2) is 12.3 Å². The van der Waals surface area contributed by atoms with E-state index in [9.17, 15) is 0 Å². The van der Waals surface area contributed by atoms with E-state index in [4.69, 9.17) is 5.11 Å². The SMILES string of the molecule is CCn1ccc(CC(C)(C)CO)n1. The number of hydrogen-bond acceptors (Lipinski definition) is 2. The molecule has 0 bridgehead atoms. The predicted molar refractivity (Wildman–Crippen MR) is 52.5 cm³/mol. The molecule has 0 amide bonds. The van der Waals surface area contributed by atoms with E-state index in [0.717, 1.165) is 18.7 Å². The highest BCUT2D eigenvalue weighted by Crippen LogP contribution is 2.19. The molecule has 1 heterocycles. The fourth-order valence-corrected chi connectivity index (χ4v) is 1.22. The zero-order chi connectivity index (χ0) is 9.90. The van der Waals surface area contributed by atoms with Crippen molar-refractivity contribution in [2.75, 3.05) is 6.61 Å². The van der Waals surface area contributed by atoms with Crippen LogP contribution in [0.25, 0.3) is 0 Å². The van der Waals surface area contributed by atoms with Crippen LogP contribution in [0.2, 0.25) is 0 Å². The van der Waals surface area contributed by atoms with Crippen LogP contribution < -0.4 is 0 Å². The molecular weight excluding hydrogens is 164 g/mol. The second kappa shape index (κ2) is 3.92. The van der Waals surface area contributed by atoms with E-state index >= 15 is 0 Å². The van der Waals surface area contributed by atoms with Gasteiger partial charge in [0.05, 0.1) is 5.69 Å². The van der Waals surface area contributed by atoms with Gasteiger partial charge in [0.1, 0.15) is 0 Å². The lowest BCUT2D eigenvalue weighted by Gasteiger charge is -2.19. The Balaban J connectivity index is 2.63. The third kappa shape index (κ3) is 2.84. The maximum Gasteiger partial charge on any atom is 0.0630 e. The molecule has 0 fully saturated rings. The number of aromatic nitrogens is 2. The van der Waals surface area contributed by atoms with Crippen LogP contribution in [-0.4, -0.2) is 21.5 Å². The Labute approximate surface area is 79.4 Å². The van der Waals surface area contributed by atoms with Crippen molar-refractivity contribution in [3.05, 3.63) is 18.0 Å². The third-order valence-corrected chi connectivity index (χ3v) is 2.11. The molecule has 0 unspecified atom stereocenters. The largest absolute Gasteiger partial charge is 0.396 e. The second-order valence-corrected chi connectivity index (χ2v) is 4.16. The summed E-state index contributed by atoms with van der Waals surface area (Å²) in [5, 5.41) is 13.5. The average Bonchev–Trinajstić information content (AvgIpc) is 2.52. The van der Waals surface area contributed by atoms with Gasteiger partial charge < -0.3 is 5.11 Å². The fourth-order valence-electron chi connectivity index (χ4n) is 1.22. The van der Waals surface area contributed by atoms with E-state index in [-0.39, 0.29) is 12.0 Å². The van der Waals surface area contributed by atoms with Crippen molar-refractivity contribution in [1.29, 1.82) is 0 Å². The Morgan fingerprint density at radius 3 is 2.69 bits per heavy atom. The van der Waals surface area contributed by atoms with Gasteiger partial charge in [-0.25, -0.2) is 0 Å². The van der Waals surface area contributed by atoms with Gasteiger partial charge in [-0.3, -0.25) is 4.68 Å². The number of rotatable bonds is 4. The van der Waals surface area contributed by atoms with Gasteiger partial charge in [0, 0.05) is 19.3 Å². The summed E-state index contributed by atoms with van der Waals surface area (Å²) in [6.07, 6.45) is 2.80. The summed E-state index contributed by atoms with van der Waals surface area (Å²) in [6.45, 7) is 7.25. The van der Waals surface area contributed by atoms with Crippen molar-refractivity contribution < 1.29 is 5.11 Å². The molecule has 1 aromatic heterocycles. The van der Waals surface area contributed by atoms with Crippen molar-refractivity contribution >= 4 is 0 Å². The fraction of sp³-hybridized carbons (Fsp3) is 0.700. The molecule has 3 nitrogen and oxygen atoms in total. The highest BCUT2D eigenvalue weighted by Gasteiger charge is 2.18. The van der Waals surface area contributed by atoms with Crippen LogP contribution in [0.5, 0.6) is 0 Å². The molecule has 0 aliphatic carbocycles. The van der Waals surface area contributed by atoms with Gasteiger partial charge in [-0.15, -0.1) is 0 Å². The summed E-state index contributed by atoms with van der Waals surface area (Å²) >= 11 is 0. The van der Waals surface area contributed by atoms with E-state index in [1.54, 1.807) is 0 Å². The highest BCUT2D eigenvalue weighted by atomic mass is 16.3. The first kappa shape index (κ1) is 10.3. The van der Waals surface area contributed by atoms with Crippen LogP contribution in [-0.2, 0) is 13.0 Å². The number of aryl methyl sites for hydroxylation is 1. The Hall–Kier alpha value is -0.830. The minimum Gasteiger partial charge on any atom is -0.396 e.